The van der Waals surface area contributed by atoms with Crippen LogP contribution in [-0.2, 0) is 0 Å². The molecule has 4 heteroatoms. The van der Waals surface area contributed by atoms with Gasteiger partial charge in [0.2, 0.25) is 0 Å². The number of nitrogens with zero attached hydrogens (tertiary/aromatic N) is 4. The van der Waals surface area contributed by atoms with Crippen LogP contribution in [0.1, 0.15) is 23.1 Å². The van der Waals surface area contributed by atoms with Gasteiger partial charge in [0.1, 0.15) is 0 Å². The molecule has 0 saturated carbocycles. The fourth-order valence-electron chi connectivity index (χ4n) is 8.51. The van der Waals surface area contributed by atoms with E-state index in [9.17, 15) is 0 Å². The number of fused-ring (bicyclic) bond motifs is 12. The van der Waals surface area contributed by atoms with Crippen LogP contribution in [0.5, 0.6) is 0 Å². The minimum Gasteiger partial charge on any atom is -0.252 e. The van der Waals surface area contributed by atoms with Crippen molar-refractivity contribution in [3.05, 3.63) is 194 Å². The summed E-state index contributed by atoms with van der Waals surface area (Å²) in [7, 11) is 0. The van der Waals surface area contributed by atoms with E-state index in [0.717, 1.165) is 78.0 Å². The lowest BCUT2D eigenvalue weighted by Crippen LogP contribution is -2.19. The molecule has 2 heterocycles. The van der Waals surface area contributed by atoms with Crippen molar-refractivity contribution in [2.24, 2.45) is 0 Å². The topological polar surface area (TPSA) is 51.6 Å². The Morgan fingerprint density at radius 2 is 0.889 bits per heavy atom. The molecule has 0 aliphatic heterocycles. The standard InChI is InChI=1S/C50H32N4/c1-5-22-41-37(18-1)39-20-3-7-24-43(39)49-47(41)51-29-45(53-49)35-16-10-14-33(27-35)31-12-9-13-32(26-31)34-15-11-17-36(28-34)46-30-52-48-42-23-6-2-19-38(42)40-21-4-8-25-44(40)50(48)54-46/h1-30,39,43H. The molecule has 9 aromatic rings. The zero-order chi connectivity index (χ0) is 35.6. The molecule has 4 nitrogen and oxygen atoms in total. The van der Waals surface area contributed by atoms with Gasteiger partial charge in [0.05, 0.1) is 46.2 Å². The third-order valence-electron chi connectivity index (χ3n) is 11.1. The molecule has 11 rings (SSSR count). The second-order valence-electron chi connectivity index (χ2n) is 14.2. The first kappa shape index (κ1) is 30.6. The molecule has 0 spiro atoms. The Kier molecular flexibility index (Phi) is 6.96. The minimum atomic E-state index is 0.169. The minimum absolute atomic E-state index is 0.169. The van der Waals surface area contributed by atoms with Gasteiger partial charge in [-0.2, -0.15) is 0 Å². The number of hydrogen-bond donors (Lipinski definition) is 0. The second-order valence-corrected chi connectivity index (χ2v) is 14.2. The Morgan fingerprint density at radius 3 is 1.56 bits per heavy atom. The molecule has 0 fully saturated rings. The normalized spacial score (nSPS) is 15.6. The summed E-state index contributed by atoms with van der Waals surface area (Å²) in [6.07, 6.45) is 12.7. The molecule has 252 valence electrons. The van der Waals surface area contributed by atoms with E-state index >= 15 is 0 Å². The zero-order valence-electron chi connectivity index (χ0n) is 29.3. The summed E-state index contributed by atoms with van der Waals surface area (Å²) in [5.74, 6) is 0.437. The molecule has 2 atom stereocenters. The highest BCUT2D eigenvalue weighted by atomic mass is 14.8. The van der Waals surface area contributed by atoms with Crippen molar-refractivity contribution in [1.82, 2.24) is 19.9 Å². The highest BCUT2D eigenvalue weighted by Gasteiger charge is 2.34. The summed E-state index contributed by atoms with van der Waals surface area (Å²) in [6.45, 7) is 0. The first-order chi connectivity index (χ1) is 26.8. The van der Waals surface area contributed by atoms with Gasteiger partial charge in [-0.3, -0.25) is 9.97 Å². The molecule has 2 aromatic heterocycles. The van der Waals surface area contributed by atoms with Gasteiger partial charge in [-0.15, -0.1) is 0 Å². The number of benzene rings is 7. The molecule has 54 heavy (non-hydrogen) atoms. The molecule has 2 unspecified atom stereocenters. The van der Waals surface area contributed by atoms with Gasteiger partial charge in [0, 0.05) is 39.3 Å². The first-order valence-corrected chi connectivity index (χ1v) is 18.5. The Morgan fingerprint density at radius 1 is 0.389 bits per heavy atom. The van der Waals surface area contributed by atoms with E-state index in [1.807, 2.05) is 12.4 Å². The molecule has 2 aliphatic carbocycles. The third-order valence-corrected chi connectivity index (χ3v) is 11.1. The van der Waals surface area contributed by atoms with Crippen LogP contribution in [-0.4, -0.2) is 19.9 Å². The molecule has 0 bridgehead atoms. The molecule has 7 aromatic carbocycles. The van der Waals surface area contributed by atoms with Gasteiger partial charge >= 0.3 is 0 Å². The van der Waals surface area contributed by atoms with Gasteiger partial charge in [-0.25, -0.2) is 9.97 Å². The summed E-state index contributed by atoms with van der Waals surface area (Å²) >= 11 is 0. The predicted molar refractivity (Wildman–Crippen MR) is 221 cm³/mol. The SMILES string of the molecule is C1=CC2c3ccccc3-c3ncc(-c4cccc(-c5cccc(-c6cccc(-c7cnc8c9ccccc9c9ccccc9c8n7)c6)c5)c4)nc3C2C=C1. The fourth-order valence-corrected chi connectivity index (χ4v) is 8.51. The smallest absolute Gasteiger partial charge is 0.0979 e. The van der Waals surface area contributed by atoms with E-state index in [0.29, 0.717) is 0 Å². The number of allylic oxidation sites excluding steroid dienone is 4. The zero-order valence-corrected chi connectivity index (χ0v) is 29.3. The van der Waals surface area contributed by atoms with Crippen molar-refractivity contribution in [1.29, 1.82) is 0 Å². The molecule has 2 aliphatic rings. The van der Waals surface area contributed by atoms with Crippen molar-refractivity contribution in [2.45, 2.75) is 11.8 Å². The van der Waals surface area contributed by atoms with Gasteiger partial charge in [0.25, 0.3) is 0 Å². The average Bonchev–Trinajstić information content (AvgIpc) is 3.26. The molecule has 0 amide bonds. The van der Waals surface area contributed by atoms with Crippen LogP contribution in [0, 0.1) is 0 Å². The lowest BCUT2D eigenvalue weighted by molar-refractivity contribution is 0.692. The van der Waals surface area contributed by atoms with Crippen molar-refractivity contribution in [3.63, 3.8) is 0 Å². The van der Waals surface area contributed by atoms with E-state index in [4.69, 9.17) is 19.9 Å². The lowest BCUT2D eigenvalue weighted by atomic mass is 9.73. The van der Waals surface area contributed by atoms with E-state index < -0.39 is 0 Å². The van der Waals surface area contributed by atoms with Crippen molar-refractivity contribution in [3.8, 4) is 56.0 Å². The van der Waals surface area contributed by atoms with Gasteiger partial charge in [-0.1, -0.05) is 152 Å². The Labute approximate surface area is 312 Å². The highest BCUT2D eigenvalue weighted by molar-refractivity contribution is 6.23. The maximum absolute atomic E-state index is 5.30. The highest BCUT2D eigenvalue weighted by Crippen LogP contribution is 2.48. The van der Waals surface area contributed by atoms with Crippen LogP contribution in [0.15, 0.2) is 182 Å². The van der Waals surface area contributed by atoms with Crippen LogP contribution in [0.2, 0.25) is 0 Å². The van der Waals surface area contributed by atoms with Crippen molar-refractivity contribution >= 4 is 32.6 Å². The van der Waals surface area contributed by atoms with Gasteiger partial charge < -0.3 is 0 Å². The van der Waals surface area contributed by atoms with Crippen molar-refractivity contribution in [2.75, 3.05) is 0 Å². The Hall–Kier alpha value is -7.04. The molecule has 0 radical (unpaired) electrons. The second kappa shape index (κ2) is 12.3. The van der Waals surface area contributed by atoms with Crippen molar-refractivity contribution < 1.29 is 0 Å². The van der Waals surface area contributed by atoms with Crippen LogP contribution in [0.4, 0.5) is 0 Å². The lowest BCUT2D eigenvalue weighted by Gasteiger charge is -2.32. The van der Waals surface area contributed by atoms with E-state index in [1.165, 1.54) is 21.9 Å². The largest absolute Gasteiger partial charge is 0.252 e. The van der Waals surface area contributed by atoms with E-state index in [1.54, 1.807) is 0 Å². The molecular weight excluding hydrogens is 657 g/mol. The molecular formula is C50H32N4. The summed E-state index contributed by atoms with van der Waals surface area (Å²) < 4.78 is 0. The fraction of sp³-hybridized carbons (Fsp3) is 0.0400. The van der Waals surface area contributed by atoms with Crippen LogP contribution in [0.3, 0.4) is 0 Å². The molecule has 0 N–H and O–H groups in total. The third kappa shape index (κ3) is 4.91. The summed E-state index contributed by atoms with van der Waals surface area (Å²) in [4.78, 5) is 20.6. The molecule has 0 saturated heterocycles. The van der Waals surface area contributed by atoms with Crippen LogP contribution < -0.4 is 0 Å². The maximum atomic E-state index is 5.30. The Bertz CT molecular complexity index is 2990. The summed E-state index contributed by atoms with van der Waals surface area (Å²) in [5.41, 5.74) is 14.7. The van der Waals surface area contributed by atoms with Crippen LogP contribution in [0.25, 0.3) is 88.6 Å². The predicted octanol–water partition coefficient (Wildman–Crippen LogP) is 12.4. The van der Waals surface area contributed by atoms with Gasteiger partial charge in [0.15, 0.2) is 0 Å². The quantitative estimate of drug-likeness (QED) is 0.173. The number of hydrogen-bond acceptors (Lipinski definition) is 4. The monoisotopic (exact) mass is 688 g/mol. The average molecular weight is 689 g/mol. The van der Waals surface area contributed by atoms with Gasteiger partial charge in [-0.05, 0) is 56.8 Å². The van der Waals surface area contributed by atoms with E-state index in [-0.39, 0.29) is 11.8 Å². The summed E-state index contributed by atoms with van der Waals surface area (Å²) in [5, 5.41) is 4.63. The summed E-state index contributed by atoms with van der Waals surface area (Å²) in [6, 6.07) is 51.6. The first-order valence-electron chi connectivity index (χ1n) is 18.5. The number of aromatic nitrogens is 4. The Balaban J connectivity index is 0.945. The maximum Gasteiger partial charge on any atom is 0.0979 e. The van der Waals surface area contributed by atoms with Crippen LogP contribution >= 0.6 is 0 Å². The van der Waals surface area contributed by atoms with E-state index in [2.05, 4.69) is 170 Å². The number of rotatable bonds is 4.